The van der Waals surface area contributed by atoms with Crippen molar-refractivity contribution in [2.75, 3.05) is 13.7 Å². The van der Waals surface area contributed by atoms with E-state index in [0.717, 1.165) is 50.0 Å². The Bertz CT molecular complexity index is 1150. The predicted octanol–water partition coefficient (Wildman–Crippen LogP) is 6.44. The van der Waals surface area contributed by atoms with Crippen LogP contribution in [0.15, 0.2) is 53.3 Å². The van der Waals surface area contributed by atoms with E-state index < -0.39 is 0 Å². The number of ether oxygens (including phenoxy) is 1. The Hall–Kier alpha value is -3.15. The van der Waals surface area contributed by atoms with Gasteiger partial charge in [-0.15, -0.1) is 0 Å². The second-order valence-electron chi connectivity index (χ2n) is 9.00. The molecule has 0 aliphatic rings. The van der Waals surface area contributed by atoms with Gasteiger partial charge in [-0.1, -0.05) is 58.6 Å². The SMILES string of the molecule is CCCCCC(=O)N(CCCCC)C(CC)c1nc2ccccc2c(=O)n1-c1ccc(OC)cc1. The van der Waals surface area contributed by atoms with Gasteiger partial charge >= 0.3 is 0 Å². The summed E-state index contributed by atoms with van der Waals surface area (Å²) in [5.41, 5.74) is 1.25. The van der Waals surface area contributed by atoms with Crippen LogP contribution in [0.2, 0.25) is 0 Å². The van der Waals surface area contributed by atoms with Crippen LogP contribution in [0.25, 0.3) is 16.6 Å². The summed E-state index contributed by atoms with van der Waals surface area (Å²) in [7, 11) is 1.62. The number of para-hydroxylation sites is 1. The lowest BCUT2D eigenvalue weighted by Crippen LogP contribution is -2.39. The average Bonchev–Trinajstić information content (AvgIpc) is 2.88. The molecule has 2 aromatic carbocycles. The van der Waals surface area contributed by atoms with Crippen molar-refractivity contribution < 1.29 is 9.53 Å². The molecule has 35 heavy (non-hydrogen) atoms. The zero-order valence-electron chi connectivity index (χ0n) is 21.6. The van der Waals surface area contributed by atoms with Crippen molar-refractivity contribution in [2.24, 2.45) is 0 Å². The third-order valence-electron chi connectivity index (χ3n) is 6.51. The van der Waals surface area contributed by atoms with Crippen LogP contribution < -0.4 is 10.3 Å². The van der Waals surface area contributed by atoms with Gasteiger partial charge in [-0.05, 0) is 55.7 Å². The fourth-order valence-corrected chi connectivity index (χ4v) is 4.55. The number of fused-ring (bicyclic) bond motifs is 1. The van der Waals surface area contributed by atoms with Gasteiger partial charge in [0.1, 0.15) is 11.6 Å². The van der Waals surface area contributed by atoms with Gasteiger partial charge in [-0.25, -0.2) is 4.98 Å². The summed E-state index contributed by atoms with van der Waals surface area (Å²) in [5, 5.41) is 0.564. The van der Waals surface area contributed by atoms with Gasteiger partial charge in [-0.2, -0.15) is 0 Å². The molecule has 0 N–H and O–H groups in total. The molecule has 6 heteroatoms. The minimum atomic E-state index is -0.291. The highest BCUT2D eigenvalue weighted by atomic mass is 16.5. The van der Waals surface area contributed by atoms with Crippen LogP contribution in [0.4, 0.5) is 0 Å². The molecule has 0 spiro atoms. The Morgan fingerprint density at radius 3 is 2.31 bits per heavy atom. The number of amides is 1. The van der Waals surface area contributed by atoms with E-state index in [1.807, 2.05) is 53.4 Å². The molecule has 1 atom stereocenters. The highest BCUT2D eigenvalue weighted by molar-refractivity contribution is 5.79. The number of methoxy groups -OCH3 is 1. The summed E-state index contributed by atoms with van der Waals surface area (Å²) < 4.78 is 7.00. The van der Waals surface area contributed by atoms with Gasteiger partial charge in [-0.3, -0.25) is 14.2 Å². The molecule has 0 bridgehead atoms. The normalized spacial score (nSPS) is 12.0. The van der Waals surface area contributed by atoms with Gasteiger partial charge in [0.2, 0.25) is 5.91 Å². The number of rotatable bonds is 13. The molecule has 3 rings (SSSR count). The number of hydrogen-bond acceptors (Lipinski definition) is 4. The lowest BCUT2D eigenvalue weighted by Gasteiger charge is -2.32. The Morgan fingerprint density at radius 1 is 0.971 bits per heavy atom. The molecule has 0 aliphatic carbocycles. The maximum absolute atomic E-state index is 13.8. The van der Waals surface area contributed by atoms with E-state index >= 15 is 0 Å². The standard InChI is InChI=1S/C29H39N3O3/c1-5-8-10-16-27(33)31(21-13-9-6-2)26(7-3)28-30-25-15-12-11-14-24(25)29(34)32(28)22-17-19-23(35-4)20-18-22/h11-12,14-15,17-20,26H,5-10,13,16,21H2,1-4H3. The van der Waals surface area contributed by atoms with E-state index in [0.29, 0.717) is 36.1 Å². The van der Waals surface area contributed by atoms with Crippen LogP contribution in [-0.2, 0) is 4.79 Å². The maximum atomic E-state index is 13.8. The first kappa shape index (κ1) is 26.5. The predicted molar refractivity (Wildman–Crippen MR) is 142 cm³/mol. The second kappa shape index (κ2) is 13.1. The van der Waals surface area contributed by atoms with Gasteiger partial charge in [0.05, 0.1) is 29.7 Å². The number of carbonyl (C=O) groups is 1. The van der Waals surface area contributed by atoms with Crippen LogP contribution in [0.3, 0.4) is 0 Å². The molecule has 1 amide bonds. The lowest BCUT2D eigenvalue weighted by atomic mass is 10.1. The molecule has 0 radical (unpaired) electrons. The third-order valence-corrected chi connectivity index (χ3v) is 6.51. The minimum absolute atomic E-state index is 0.124. The summed E-state index contributed by atoms with van der Waals surface area (Å²) in [6.07, 6.45) is 7.27. The van der Waals surface area contributed by atoms with Gasteiger partial charge in [0.25, 0.3) is 5.56 Å². The van der Waals surface area contributed by atoms with Crippen molar-refractivity contribution in [3.8, 4) is 11.4 Å². The molecule has 0 saturated heterocycles. The molecule has 0 saturated carbocycles. The smallest absolute Gasteiger partial charge is 0.266 e. The van der Waals surface area contributed by atoms with E-state index in [1.54, 1.807) is 11.7 Å². The van der Waals surface area contributed by atoms with Crippen LogP contribution in [0.1, 0.15) is 84.0 Å². The Balaban J connectivity index is 2.16. The molecule has 0 aliphatic heterocycles. The molecule has 0 fully saturated rings. The summed E-state index contributed by atoms with van der Waals surface area (Å²) >= 11 is 0. The lowest BCUT2D eigenvalue weighted by molar-refractivity contribution is -0.134. The van der Waals surface area contributed by atoms with E-state index in [9.17, 15) is 9.59 Å². The van der Waals surface area contributed by atoms with Crippen molar-refractivity contribution in [3.63, 3.8) is 0 Å². The first-order chi connectivity index (χ1) is 17.0. The molecule has 6 nitrogen and oxygen atoms in total. The van der Waals surface area contributed by atoms with Crippen molar-refractivity contribution in [1.82, 2.24) is 14.5 Å². The van der Waals surface area contributed by atoms with Crippen molar-refractivity contribution >= 4 is 16.8 Å². The first-order valence-electron chi connectivity index (χ1n) is 13.0. The number of nitrogens with zero attached hydrogens (tertiary/aromatic N) is 3. The molecular formula is C29H39N3O3. The third kappa shape index (κ3) is 6.30. The topological polar surface area (TPSA) is 64.4 Å². The van der Waals surface area contributed by atoms with E-state index in [1.165, 1.54) is 0 Å². The van der Waals surface area contributed by atoms with E-state index in [2.05, 4.69) is 20.8 Å². The largest absolute Gasteiger partial charge is 0.497 e. The van der Waals surface area contributed by atoms with Crippen LogP contribution in [-0.4, -0.2) is 34.0 Å². The Labute approximate surface area is 208 Å². The zero-order chi connectivity index (χ0) is 25.2. The average molecular weight is 478 g/mol. The highest BCUT2D eigenvalue weighted by Gasteiger charge is 2.28. The Morgan fingerprint density at radius 2 is 1.66 bits per heavy atom. The fraction of sp³-hybridized carbons (Fsp3) is 0.483. The maximum Gasteiger partial charge on any atom is 0.266 e. The summed E-state index contributed by atoms with van der Waals surface area (Å²) in [6, 6.07) is 14.6. The van der Waals surface area contributed by atoms with Gasteiger partial charge in [0.15, 0.2) is 0 Å². The second-order valence-corrected chi connectivity index (χ2v) is 9.00. The van der Waals surface area contributed by atoms with Crippen LogP contribution in [0, 0.1) is 0 Å². The minimum Gasteiger partial charge on any atom is -0.497 e. The molecule has 1 heterocycles. The fourth-order valence-electron chi connectivity index (χ4n) is 4.55. The Kier molecular flexibility index (Phi) is 9.88. The zero-order valence-corrected chi connectivity index (χ0v) is 21.6. The van der Waals surface area contributed by atoms with Gasteiger partial charge < -0.3 is 9.64 Å². The van der Waals surface area contributed by atoms with Crippen LogP contribution in [0.5, 0.6) is 5.75 Å². The summed E-state index contributed by atoms with van der Waals surface area (Å²) in [5.74, 6) is 1.48. The molecular weight excluding hydrogens is 438 g/mol. The number of carbonyl (C=O) groups excluding carboxylic acids is 1. The van der Waals surface area contributed by atoms with Crippen molar-refractivity contribution in [1.29, 1.82) is 0 Å². The van der Waals surface area contributed by atoms with Crippen molar-refractivity contribution in [3.05, 3.63) is 64.7 Å². The molecule has 1 unspecified atom stereocenters. The molecule has 188 valence electrons. The number of benzene rings is 2. The molecule has 3 aromatic rings. The van der Waals surface area contributed by atoms with E-state index in [4.69, 9.17) is 9.72 Å². The molecule has 1 aromatic heterocycles. The summed E-state index contributed by atoms with van der Waals surface area (Å²) in [6.45, 7) is 7.04. The number of unbranched alkanes of at least 4 members (excludes halogenated alkanes) is 4. The first-order valence-corrected chi connectivity index (χ1v) is 13.0. The highest BCUT2D eigenvalue weighted by Crippen LogP contribution is 2.28. The monoisotopic (exact) mass is 477 g/mol. The van der Waals surface area contributed by atoms with E-state index in [-0.39, 0.29) is 17.5 Å². The van der Waals surface area contributed by atoms with Crippen LogP contribution >= 0.6 is 0 Å². The van der Waals surface area contributed by atoms with Gasteiger partial charge in [0, 0.05) is 13.0 Å². The summed E-state index contributed by atoms with van der Waals surface area (Å²) in [4.78, 5) is 34.2. The number of hydrogen-bond donors (Lipinski definition) is 0. The number of aromatic nitrogens is 2. The van der Waals surface area contributed by atoms with Crippen molar-refractivity contribution in [2.45, 2.75) is 78.2 Å². The quantitative estimate of drug-likeness (QED) is 0.266.